The molecule has 0 saturated heterocycles. The van der Waals surface area contributed by atoms with Crippen LogP contribution in [0.5, 0.6) is 5.75 Å². The SMILES string of the molecule is O=C(NC(c1ccccc1)c1ccc2c(c1)CCCO2)c1cc(F)ccc1F. The van der Waals surface area contributed by atoms with Crippen LogP contribution in [0, 0.1) is 11.6 Å². The Kier molecular flexibility index (Phi) is 5.06. The number of benzene rings is 3. The first-order valence-corrected chi connectivity index (χ1v) is 9.18. The predicted molar refractivity (Wildman–Crippen MR) is 102 cm³/mol. The summed E-state index contributed by atoms with van der Waals surface area (Å²) in [6.07, 6.45) is 1.84. The lowest BCUT2D eigenvalue weighted by atomic mass is 9.94. The minimum absolute atomic E-state index is 0.317. The highest BCUT2D eigenvalue weighted by Crippen LogP contribution is 2.30. The van der Waals surface area contributed by atoms with Crippen molar-refractivity contribution >= 4 is 5.91 Å². The molecule has 28 heavy (non-hydrogen) atoms. The zero-order valence-electron chi connectivity index (χ0n) is 15.1. The number of amides is 1. The lowest BCUT2D eigenvalue weighted by molar-refractivity contribution is 0.0938. The average molecular weight is 379 g/mol. The van der Waals surface area contributed by atoms with Crippen LogP contribution in [0.1, 0.15) is 39.5 Å². The third-order valence-electron chi connectivity index (χ3n) is 4.85. The molecule has 3 aromatic rings. The highest BCUT2D eigenvalue weighted by Gasteiger charge is 2.22. The van der Waals surface area contributed by atoms with Gasteiger partial charge in [0, 0.05) is 0 Å². The molecule has 0 spiro atoms. The molecule has 4 rings (SSSR count). The standard InChI is InChI=1S/C23H19F2NO2/c24-18-9-10-20(25)19(14-18)23(27)26-22(15-5-2-1-3-6-15)17-8-11-21-16(13-17)7-4-12-28-21/h1-3,5-6,8-11,13-14,22H,4,7,12H2,(H,26,27). The Morgan fingerprint density at radius 1 is 0.964 bits per heavy atom. The van der Waals surface area contributed by atoms with E-state index in [1.54, 1.807) is 0 Å². The molecule has 1 atom stereocenters. The molecule has 0 radical (unpaired) electrons. The van der Waals surface area contributed by atoms with Crippen molar-refractivity contribution < 1.29 is 18.3 Å². The van der Waals surface area contributed by atoms with Gasteiger partial charge < -0.3 is 10.1 Å². The second-order valence-electron chi connectivity index (χ2n) is 6.76. The Hall–Kier alpha value is -3.21. The Balaban J connectivity index is 1.70. The number of nitrogens with one attached hydrogen (secondary N) is 1. The van der Waals surface area contributed by atoms with E-state index in [1.165, 1.54) is 0 Å². The summed E-state index contributed by atoms with van der Waals surface area (Å²) in [4.78, 5) is 12.7. The van der Waals surface area contributed by atoms with E-state index in [2.05, 4.69) is 5.32 Å². The van der Waals surface area contributed by atoms with E-state index in [1.807, 2.05) is 48.5 Å². The predicted octanol–water partition coefficient (Wildman–Crippen LogP) is 4.81. The molecule has 0 aromatic heterocycles. The topological polar surface area (TPSA) is 38.3 Å². The van der Waals surface area contributed by atoms with Crippen molar-refractivity contribution in [2.24, 2.45) is 0 Å². The molecule has 3 aromatic carbocycles. The Bertz CT molecular complexity index is 1000. The van der Waals surface area contributed by atoms with Crippen molar-refractivity contribution in [3.8, 4) is 5.75 Å². The fraction of sp³-hybridized carbons (Fsp3) is 0.174. The first-order chi connectivity index (χ1) is 13.6. The number of halogens is 2. The second kappa shape index (κ2) is 7.80. The van der Waals surface area contributed by atoms with Crippen molar-refractivity contribution in [3.63, 3.8) is 0 Å². The van der Waals surface area contributed by atoms with E-state index < -0.39 is 23.6 Å². The highest BCUT2D eigenvalue weighted by atomic mass is 19.1. The number of ether oxygens (including phenoxy) is 1. The lowest BCUT2D eigenvalue weighted by Gasteiger charge is -2.23. The van der Waals surface area contributed by atoms with Crippen LogP contribution in [0.3, 0.4) is 0 Å². The molecule has 3 nitrogen and oxygen atoms in total. The van der Waals surface area contributed by atoms with Crippen LogP contribution in [0.15, 0.2) is 66.7 Å². The maximum absolute atomic E-state index is 14.1. The van der Waals surface area contributed by atoms with Gasteiger partial charge in [0.1, 0.15) is 17.4 Å². The van der Waals surface area contributed by atoms with Crippen LogP contribution in [0.4, 0.5) is 8.78 Å². The largest absolute Gasteiger partial charge is 0.493 e. The third-order valence-corrected chi connectivity index (χ3v) is 4.85. The molecule has 1 amide bonds. The Morgan fingerprint density at radius 3 is 2.61 bits per heavy atom. The molecule has 1 aliphatic rings. The average Bonchev–Trinajstić information content (AvgIpc) is 2.74. The summed E-state index contributed by atoms with van der Waals surface area (Å²) >= 11 is 0. The van der Waals surface area contributed by atoms with Gasteiger partial charge in [0.25, 0.3) is 5.91 Å². The van der Waals surface area contributed by atoms with Gasteiger partial charge in [-0.1, -0.05) is 36.4 Å². The van der Waals surface area contributed by atoms with Crippen molar-refractivity contribution in [2.75, 3.05) is 6.61 Å². The summed E-state index contributed by atoms with van der Waals surface area (Å²) in [5.74, 6) is -1.23. The van der Waals surface area contributed by atoms with Crippen LogP contribution in [-0.2, 0) is 6.42 Å². The van der Waals surface area contributed by atoms with Crippen LogP contribution >= 0.6 is 0 Å². The maximum Gasteiger partial charge on any atom is 0.255 e. The third kappa shape index (κ3) is 3.74. The van der Waals surface area contributed by atoms with Gasteiger partial charge >= 0.3 is 0 Å². The zero-order valence-corrected chi connectivity index (χ0v) is 15.1. The van der Waals surface area contributed by atoms with E-state index in [-0.39, 0.29) is 5.56 Å². The molecule has 1 heterocycles. The summed E-state index contributed by atoms with van der Waals surface area (Å²) < 4.78 is 33.2. The molecule has 0 bridgehead atoms. The summed E-state index contributed by atoms with van der Waals surface area (Å²) in [6.45, 7) is 0.698. The lowest BCUT2D eigenvalue weighted by Crippen LogP contribution is -2.30. The van der Waals surface area contributed by atoms with Crippen LogP contribution in [0.25, 0.3) is 0 Å². The Labute approximate surface area is 162 Å². The molecule has 1 aliphatic heterocycles. The monoisotopic (exact) mass is 379 g/mol. The quantitative estimate of drug-likeness (QED) is 0.707. The smallest absolute Gasteiger partial charge is 0.255 e. The zero-order chi connectivity index (χ0) is 19.5. The van der Waals surface area contributed by atoms with Gasteiger partial charge in [-0.25, -0.2) is 8.78 Å². The van der Waals surface area contributed by atoms with Gasteiger partial charge in [-0.05, 0) is 59.9 Å². The highest BCUT2D eigenvalue weighted by molar-refractivity contribution is 5.95. The molecule has 5 heteroatoms. The molecule has 1 unspecified atom stereocenters. The molecule has 1 N–H and O–H groups in total. The van der Waals surface area contributed by atoms with Crippen LogP contribution in [-0.4, -0.2) is 12.5 Å². The van der Waals surface area contributed by atoms with E-state index in [9.17, 15) is 13.6 Å². The van der Waals surface area contributed by atoms with E-state index in [0.29, 0.717) is 6.61 Å². The molecule has 0 saturated carbocycles. The summed E-state index contributed by atoms with van der Waals surface area (Å²) in [7, 11) is 0. The van der Waals surface area contributed by atoms with Crippen LogP contribution in [0.2, 0.25) is 0 Å². The van der Waals surface area contributed by atoms with Crippen molar-refractivity contribution in [2.45, 2.75) is 18.9 Å². The van der Waals surface area contributed by atoms with Crippen molar-refractivity contribution in [3.05, 3.63) is 101 Å². The minimum atomic E-state index is -0.760. The maximum atomic E-state index is 14.1. The summed E-state index contributed by atoms with van der Waals surface area (Å²) in [6, 6.07) is 17.6. The molecular weight excluding hydrogens is 360 g/mol. The number of fused-ring (bicyclic) bond motifs is 1. The molecule has 0 aliphatic carbocycles. The number of rotatable bonds is 4. The molecule has 142 valence electrons. The first kappa shape index (κ1) is 18.2. The fourth-order valence-electron chi connectivity index (χ4n) is 3.44. The minimum Gasteiger partial charge on any atom is -0.493 e. The summed E-state index contributed by atoms with van der Waals surface area (Å²) in [5, 5.41) is 2.85. The van der Waals surface area contributed by atoms with Gasteiger partial charge in [0.05, 0.1) is 18.2 Å². The van der Waals surface area contributed by atoms with Gasteiger partial charge in [0.2, 0.25) is 0 Å². The second-order valence-corrected chi connectivity index (χ2v) is 6.76. The number of hydrogen-bond donors (Lipinski definition) is 1. The number of carbonyl (C=O) groups excluding carboxylic acids is 1. The van der Waals surface area contributed by atoms with Gasteiger partial charge in [-0.3, -0.25) is 4.79 Å². The fourth-order valence-corrected chi connectivity index (χ4v) is 3.44. The molecule has 0 fully saturated rings. The van der Waals surface area contributed by atoms with Gasteiger partial charge in [-0.2, -0.15) is 0 Å². The van der Waals surface area contributed by atoms with E-state index in [4.69, 9.17) is 4.74 Å². The van der Waals surface area contributed by atoms with Gasteiger partial charge in [-0.15, -0.1) is 0 Å². The van der Waals surface area contributed by atoms with Crippen LogP contribution < -0.4 is 10.1 Å². The van der Waals surface area contributed by atoms with Crippen molar-refractivity contribution in [1.82, 2.24) is 5.32 Å². The van der Waals surface area contributed by atoms with Gasteiger partial charge in [0.15, 0.2) is 0 Å². The normalized spacial score (nSPS) is 13.9. The Morgan fingerprint density at radius 2 is 1.79 bits per heavy atom. The number of aryl methyl sites for hydroxylation is 1. The number of hydrogen-bond acceptors (Lipinski definition) is 2. The number of carbonyl (C=O) groups is 1. The van der Waals surface area contributed by atoms with E-state index >= 15 is 0 Å². The summed E-state index contributed by atoms with van der Waals surface area (Å²) in [5.41, 5.74) is 2.48. The first-order valence-electron chi connectivity index (χ1n) is 9.18. The molecular formula is C23H19F2NO2. The van der Waals surface area contributed by atoms with E-state index in [0.717, 1.165) is 53.5 Å². The van der Waals surface area contributed by atoms with Crippen molar-refractivity contribution in [1.29, 1.82) is 0 Å².